The van der Waals surface area contributed by atoms with Gasteiger partial charge >= 0.3 is 5.97 Å². The van der Waals surface area contributed by atoms with Crippen LogP contribution in [0.2, 0.25) is 0 Å². The number of nitrogens with one attached hydrogen (secondary N) is 1. The first kappa shape index (κ1) is 21.7. The Morgan fingerprint density at radius 2 is 1.97 bits per heavy atom. The molecule has 2 N–H and O–H groups in total. The van der Waals surface area contributed by atoms with Crippen molar-refractivity contribution >= 4 is 51.9 Å². The fourth-order valence-electron chi connectivity index (χ4n) is 2.61. The predicted octanol–water partition coefficient (Wildman–Crippen LogP) is 4.17. The van der Waals surface area contributed by atoms with Crippen molar-refractivity contribution in [2.45, 2.75) is 13.3 Å². The summed E-state index contributed by atoms with van der Waals surface area (Å²) in [6.45, 7) is 2.30. The van der Waals surface area contributed by atoms with Crippen molar-refractivity contribution in [2.24, 2.45) is 0 Å². The monoisotopic (exact) mass is 444 g/mol. The van der Waals surface area contributed by atoms with Gasteiger partial charge in [-0.05, 0) is 55.0 Å². The van der Waals surface area contributed by atoms with Crippen molar-refractivity contribution in [3.63, 3.8) is 0 Å². The van der Waals surface area contributed by atoms with E-state index in [2.05, 4.69) is 5.43 Å². The van der Waals surface area contributed by atoms with Crippen molar-refractivity contribution in [3.05, 3.63) is 59.0 Å². The molecule has 0 unspecified atom stereocenters. The maximum Gasteiger partial charge on any atom is 0.306 e. The van der Waals surface area contributed by atoms with E-state index >= 15 is 0 Å². The molecule has 2 aromatic carbocycles. The minimum absolute atomic E-state index is 0.0402. The van der Waals surface area contributed by atoms with Crippen LogP contribution >= 0.6 is 24.0 Å². The van der Waals surface area contributed by atoms with Gasteiger partial charge in [-0.15, -0.1) is 0 Å². The first-order valence-electron chi connectivity index (χ1n) is 9.19. The lowest BCUT2D eigenvalue weighted by atomic mass is 10.2. The van der Waals surface area contributed by atoms with Gasteiger partial charge in [0.05, 0.1) is 30.2 Å². The largest absolute Gasteiger partial charge is 0.490 e. The number of carbonyl (C=O) groups excluding carboxylic acids is 1. The summed E-state index contributed by atoms with van der Waals surface area (Å²) in [5.74, 6) is -0.243. The van der Waals surface area contributed by atoms with Crippen LogP contribution in [0.3, 0.4) is 0 Å². The molecule has 1 aliphatic rings. The molecule has 1 heterocycles. The molecule has 30 heavy (non-hydrogen) atoms. The summed E-state index contributed by atoms with van der Waals surface area (Å²) in [6, 6.07) is 14.5. The Morgan fingerprint density at radius 1 is 1.20 bits per heavy atom. The minimum Gasteiger partial charge on any atom is -0.490 e. The van der Waals surface area contributed by atoms with Crippen molar-refractivity contribution in [2.75, 3.05) is 18.6 Å². The second-order valence-electron chi connectivity index (χ2n) is 6.13. The molecule has 7 nitrogen and oxygen atoms in total. The van der Waals surface area contributed by atoms with E-state index in [0.29, 0.717) is 27.3 Å². The third-order valence-corrected chi connectivity index (χ3v) is 5.25. The third-order valence-electron chi connectivity index (χ3n) is 3.95. The summed E-state index contributed by atoms with van der Waals surface area (Å²) in [6.07, 6.45) is 1.62. The van der Waals surface area contributed by atoms with Crippen LogP contribution in [-0.4, -0.2) is 39.5 Å². The van der Waals surface area contributed by atoms with Crippen LogP contribution < -0.4 is 14.9 Å². The number of benzene rings is 2. The zero-order valence-corrected chi connectivity index (χ0v) is 17.8. The van der Waals surface area contributed by atoms with Crippen LogP contribution in [0.25, 0.3) is 6.08 Å². The highest BCUT2D eigenvalue weighted by molar-refractivity contribution is 8.26. The van der Waals surface area contributed by atoms with E-state index in [1.807, 2.05) is 37.3 Å². The molecule has 0 saturated carbocycles. The zero-order chi connectivity index (χ0) is 21.5. The second-order valence-corrected chi connectivity index (χ2v) is 7.80. The minimum atomic E-state index is -0.935. The normalized spacial score (nSPS) is 14.8. The SMILES string of the molecule is CCOc1cc(/C=C2/SC(=S)N(Nc3ccccc3)C2=O)ccc1OCCC(=O)O. The first-order valence-corrected chi connectivity index (χ1v) is 10.4. The van der Waals surface area contributed by atoms with E-state index in [-0.39, 0.29) is 18.9 Å². The molecule has 0 bridgehead atoms. The highest BCUT2D eigenvalue weighted by Crippen LogP contribution is 2.35. The van der Waals surface area contributed by atoms with Crippen LogP contribution in [0.1, 0.15) is 18.9 Å². The van der Waals surface area contributed by atoms with Crippen LogP contribution in [0.4, 0.5) is 5.69 Å². The number of aliphatic carboxylic acids is 1. The summed E-state index contributed by atoms with van der Waals surface area (Å²) >= 11 is 6.54. The molecule has 3 rings (SSSR count). The maximum atomic E-state index is 12.8. The molecule has 1 fully saturated rings. The van der Waals surface area contributed by atoms with Gasteiger partial charge in [0, 0.05) is 0 Å². The number of hydrazine groups is 1. The lowest BCUT2D eigenvalue weighted by Gasteiger charge is -2.16. The lowest BCUT2D eigenvalue weighted by Crippen LogP contribution is -2.33. The zero-order valence-electron chi connectivity index (χ0n) is 16.2. The van der Waals surface area contributed by atoms with Gasteiger partial charge in [0.2, 0.25) is 0 Å². The van der Waals surface area contributed by atoms with Gasteiger partial charge in [0.25, 0.3) is 5.91 Å². The lowest BCUT2D eigenvalue weighted by molar-refractivity contribution is -0.137. The Kier molecular flexibility index (Phi) is 7.31. The van der Waals surface area contributed by atoms with Crippen molar-refractivity contribution in [1.82, 2.24) is 5.01 Å². The number of carboxylic acid groups (broad SMARTS) is 1. The summed E-state index contributed by atoms with van der Waals surface area (Å²) in [7, 11) is 0. The molecule has 0 radical (unpaired) electrons. The van der Waals surface area contributed by atoms with Gasteiger partial charge in [0.15, 0.2) is 15.8 Å². The number of thiocarbonyl (C=S) groups is 1. The molecule has 0 aromatic heterocycles. The number of anilines is 1. The van der Waals surface area contributed by atoms with Gasteiger partial charge in [-0.25, -0.2) is 5.01 Å². The average Bonchev–Trinajstić information content (AvgIpc) is 2.98. The van der Waals surface area contributed by atoms with Crippen molar-refractivity contribution in [3.8, 4) is 11.5 Å². The topological polar surface area (TPSA) is 88.1 Å². The van der Waals surface area contributed by atoms with E-state index in [9.17, 15) is 9.59 Å². The Bertz CT molecular complexity index is 979. The van der Waals surface area contributed by atoms with Gasteiger partial charge in [-0.1, -0.05) is 36.0 Å². The number of nitrogens with zero attached hydrogens (tertiary/aromatic N) is 1. The number of carboxylic acids is 1. The van der Waals surface area contributed by atoms with Crippen molar-refractivity contribution < 1.29 is 24.2 Å². The maximum absolute atomic E-state index is 12.8. The standard InChI is InChI=1S/C21H20N2O5S2/c1-2-27-17-12-14(8-9-16(17)28-11-10-19(24)25)13-18-20(26)23(21(29)30-18)22-15-6-4-3-5-7-15/h3-9,12-13,22H,2,10-11H2,1H3,(H,24,25)/b18-13+. The van der Waals surface area contributed by atoms with Crippen LogP contribution in [0.15, 0.2) is 53.4 Å². The van der Waals surface area contributed by atoms with E-state index in [4.69, 9.17) is 26.8 Å². The number of amides is 1. The van der Waals surface area contributed by atoms with E-state index in [1.165, 1.54) is 16.8 Å². The number of carbonyl (C=O) groups is 2. The molecule has 0 aliphatic carbocycles. The Balaban J connectivity index is 1.76. The smallest absolute Gasteiger partial charge is 0.306 e. The molecule has 0 spiro atoms. The fourth-order valence-corrected chi connectivity index (χ4v) is 3.79. The summed E-state index contributed by atoms with van der Waals surface area (Å²) in [4.78, 5) is 23.9. The van der Waals surface area contributed by atoms with Crippen LogP contribution in [-0.2, 0) is 9.59 Å². The molecule has 1 amide bonds. The fraction of sp³-hybridized carbons (Fsp3) is 0.190. The van der Waals surface area contributed by atoms with Crippen LogP contribution in [0, 0.1) is 0 Å². The number of thioether (sulfide) groups is 1. The highest BCUT2D eigenvalue weighted by Gasteiger charge is 2.32. The third kappa shape index (κ3) is 5.52. The van der Waals surface area contributed by atoms with Crippen LogP contribution in [0.5, 0.6) is 11.5 Å². The molecule has 2 aromatic rings. The van der Waals surface area contributed by atoms with E-state index < -0.39 is 5.97 Å². The molecular weight excluding hydrogens is 424 g/mol. The van der Waals surface area contributed by atoms with E-state index in [1.54, 1.807) is 24.3 Å². The summed E-state index contributed by atoms with van der Waals surface area (Å²) < 4.78 is 11.5. The first-order chi connectivity index (χ1) is 14.5. The molecule has 1 saturated heterocycles. The number of hydrogen-bond donors (Lipinski definition) is 2. The molecule has 0 atom stereocenters. The van der Waals surface area contributed by atoms with Gasteiger partial charge in [-0.2, -0.15) is 0 Å². The summed E-state index contributed by atoms with van der Waals surface area (Å²) in [5.41, 5.74) is 4.52. The molecule has 1 aliphatic heterocycles. The summed E-state index contributed by atoms with van der Waals surface area (Å²) in [5, 5.41) is 10.1. The quantitative estimate of drug-likeness (QED) is 0.440. The number of para-hydroxylation sites is 1. The number of rotatable bonds is 9. The Morgan fingerprint density at radius 3 is 2.67 bits per heavy atom. The Hall–Kier alpha value is -3.04. The van der Waals surface area contributed by atoms with Crippen molar-refractivity contribution in [1.29, 1.82) is 0 Å². The predicted molar refractivity (Wildman–Crippen MR) is 120 cm³/mol. The number of hydrogen-bond acceptors (Lipinski definition) is 7. The molecule has 156 valence electrons. The Labute approximate surface area is 183 Å². The molecule has 9 heteroatoms. The van der Waals surface area contributed by atoms with Gasteiger partial charge in [-0.3, -0.25) is 15.0 Å². The highest BCUT2D eigenvalue weighted by atomic mass is 32.2. The van der Waals surface area contributed by atoms with E-state index in [0.717, 1.165) is 11.3 Å². The second kappa shape index (κ2) is 10.1. The number of ether oxygens (including phenoxy) is 2. The average molecular weight is 445 g/mol. The van der Waals surface area contributed by atoms with Gasteiger partial charge < -0.3 is 14.6 Å². The van der Waals surface area contributed by atoms with Gasteiger partial charge in [0.1, 0.15) is 0 Å². The molecular formula is C21H20N2O5S2.